The first-order chi connectivity index (χ1) is 20.0. The summed E-state index contributed by atoms with van der Waals surface area (Å²) in [7, 11) is 3.38. The SMILES string of the molecule is CNC1CN(c2cc(C)cc(C[C@@H]3COc4c(cc(Cn5ccnc5C)cc4-c4cn(C)nc4C(F)(F)F)C3=O)n2)C1. The van der Waals surface area contributed by atoms with Gasteiger partial charge in [0.15, 0.2) is 11.5 Å². The highest BCUT2D eigenvalue weighted by atomic mass is 19.4. The molecule has 4 aromatic rings. The van der Waals surface area contributed by atoms with Crippen molar-refractivity contribution in [3.8, 4) is 16.9 Å². The molecule has 0 saturated carbocycles. The van der Waals surface area contributed by atoms with Crippen LogP contribution in [0.1, 0.15) is 38.7 Å². The minimum atomic E-state index is -4.68. The molecular weight excluding hydrogens is 547 g/mol. The Morgan fingerprint density at radius 1 is 1.10 bits per heavy atom. The number of hydrogen-bond acceptors (Lipinski definition) is 7. The van der Waals surface area contributed by atoms with Crippen LogP contribution in [-0.2, 0) is 26.2 Å². The van der Waals surface area contributed by atoms with E-state index >= 15 is 0 Å². The van der Waals surface area contributed by atoms with Crippen LogP contribution in [0.25, 0.3) is 11.1 Å². The van der Waals surface area contributed by atoms with E-state index in [9.17, 15) is 18.0 Å². The molecule has 6 rings (SSSR count). The summed E-state index contributed by atoms with van der Waals surface area (Å²) in [6, 6.07) is 7.80. The molecule has 0 bridgehead atoms. The second-order valence-electron chi connectivity index (χ2n) is 11.1. The number of fused-ring (bicyclic) bond motifs is 1. The van der Waals surface area contributed by atoms with Gasteiger partial charge in [0.05, 0.1) is 18.1 Å². The number of benzene rings is 1. The highest BCUT2D eigenvalue weighted by molar-refractivity contribution is 6.04. The zero-order valence-corrected chi connectivity index (χ0v) is 23.9. The third kappa shape index (κ3) is 5.26. The van der Waals surface area contributed by atoms with Crippen molar-refractivity contribution in [2.45, 2.75) is 39.0 Å². The zero-order chi connectivity index (χ0) is 29.8. The number of pyridine rings is 1. The van der Waals surface area contributed by atoms with Crippen molar-refractivity contribution in [3.63, 3.8) is 0 Å². The zero-order valence-electron chi connectivity index (χ0n) is 23.9. The fraction of sp³-hybridized carbons (Fsp3) is 0.400. The molecule has 1 N–H and O–H groups in total. The van der Waals surface area contributed by atoms with Gasteiger partial charge in [-0.25, -0.2) is 9.97 Å². The number of hydrogen-bond donors (Lipinski definition) is 1. The Kier molecular flexibility index (Phi) is 7.04. The molecule has 42 heavy (non-hydrogen) atoms. The van der Waals surface area contributed by atoms with Crippen LogP contribution >= 0.6 is 0 Å². The summed E-state index contributed by atoms with van der Waals surface area (Å²) >= 11 is 0. The number of aryl methyl sites for hydroxylation is 3. The van der Waals surface area contributed by atoms with E-state index in [2.05, 4.69) is 20.3 Å². The first-order valence-electron chi connectivity index (χ1n) is 13.8. The van der Waals surface area contributed by atoms with Crippen molar-refractivity contribution in [2.24, 2.45) is 13.0 Å². The van der Waals surface area contributed by atoms with Crippen molar-refractivity contribution in [3.05, 3.63) is 76.8 Å². The lowest BCUT2D eigenvalue weighted by molar-refractivity contribution is -0.140. The fourth-order valence-electron chi connectivity index (χ4n) is 5.70. The van der Waals surface area contributed by atoms with Crippen LogP contribution in [0.5, 0.6) is 5.75 Å². The third-order valence-electron chi connectivity index (χ3n) is 7.96. The first-order valence-corrected chi connectivity index (χ1v) is 13.8. The van der Waals surface area contributed by atoms with Crippen LogP contribution in [0, 0.1) is 19.8 Å². The summed E-state index contributed by atoms with van der Waals surface area (Å²) in [5, 5.41) is 6.95. The maximum atomic E-state index is 14.0. The van der Waals surface area contributed by atoms with Crippen molar-refractivity contribution in [2.75, 3.05) is 31.6 Å². The van der Waals surface area contributed by atoms with Crippen molar-refractivity contribution >= 4 is 11.6 Å². The minimum Gasteiger partial charge on any atom is -0.491 e. The number of anilines is 1. The Bertz CT molecular complexity index is 1650. The molecule has 2 aliphatic rings. The molecule has 1 fully saturated rings. The van der Waals surface area contributed by atoms with Crippen LogP contribution < -0.4 is 15.0 Å². The summed E-state index contributed by atoms with van der Waals surface area (Å²) in [5.74, 6) is 1.06. The molecule has 1 saturated heterocycles. The molecule has 5 heterocycles. The molecule has 9 nitrogen and oxygen atoms in total. The van der Waals surface area contributed by atoms with Crippen LogP contribution in [-0.4, -0.2) is 62.9 Å². The average Bonchev–Trinajstić information content (AvgIpc) is 3.49. The molecule has 0 spiro atoms. The minimum absolute atomic E-state index is 0.0386. The van der Waals surface area contributed by atoms with Gasteiger partial charge in [-0.1, -0.05) is 0 Å². The van der Waals surface area contributed by atoms with Crippen LogP contribution in [0.2, 0.25) is 0 Å². The Labute approximate surface area is 241 Å². The summed E-state index contributed by atoms with van der Waals surface area (Å²) in [5.41, 5.74) is 1.79. The van der Waals surface area contributed by atoms with Crippen LogP contribution in [0.15, 0.2) is 42.9 Å². The Morgan fingerprint density at radius 3 is 2.55 bits per heavy atom. The van der Waals surface area contributed by atoms with E-state index in [1.165, 1.54) is 13.2 Å². The van der Waals surface area contributed by atoms with Crippen molar-refractivity contribution in [1.82, 2.24) is 29.6 Å². The van der Waals surface area contributed by atoms with Crippen molar-refractivity contribution < 1.29 is 22.7 Å². The molecule has 0 unspecified atom stereocenters. The molecule has 12 heteroatoms. The van der Waals surface area contributed by atoms with E-state index in [-0.39, 0.29) is 34.8 Å². The largest absolute Gasteiger partial charge is 0.491 e. The number of carbonyl (C=O) groups excluding carboxylic acids is 1. The number of halogens is 3. The number of imidazole rings is 1. The number of carbonyl (C=O) groups is 1. The van der Waals surface area contributed by atoms with Gasteiger partial charge in [0.1, 0.15) is 17.4 Å². The quantitative estimate of drug-likeness (QED) is 0.351. The second kappa shape index (κ2) is 10.6. The van der Waals surface area contributed by atoms with Gasteiger partial charge < -0.3 is 19.5 Å². The standard InChI is InChI=1S/C30H32F3N7O2/c1-17-7-21(36-26(8-17)40-13-22(14-40)34-3)11-20-16-42-28-23(25-15-38(4)37-29(25)30(31,32)33)9-19(10-24(28)27(20)41)12-39-6-5-35-18(39)2/h5-10,15,20,22,34H,11-14,16H2,1-4H3/t20-/m1/s1. The summed E-state index contributed by atoms with van der Waals surface area (Å²) in [6.07, 6.45) is 0.441. The fourth-order valence-corrected chi connectivity index (χ4v) is 5.70. The lowest BCUT2D eigenvalue weighted by Gasteiger charge is -2.40. The number of nitrogens with zero attached hydrogens (tertiary/aromatic N) is 6. The van der Waals surface area contributed by atoms with E-state index in [0.29, 0.717) is 24.6 Å². The number of Topliss-reactive ketones (excluding diaryl/α,β-unsaturated/α-hetero) is 1. The number of rotatable bonds is 7. The smallest absolute Gasteiger partial charge is 0.435 e. The summed E-state index contributed by atoms with van der Waals surface area (Å²) in [4.78, 5) is 25.2. The molecule has 0 radical (unpaired) electrons. The van der Waals surface area contributed by atoms with E-state index in [0.717, 1.165) is 40.7 Å². The number of alkyl halides is 3. The monoisotopic (exact) mass is 579 g/mol. The van der Waals surface area contributed by atoms with Crippen molar-refractivity contribution in [1.29, 1.82) is 0 Å². The number of ketones is 1. The maximum absolute atomic E-state index is 14.0. The predicted molar refractivity (Wildman–Crippen MR) is 151 cm³/mol. The number of ether oxygens (including phenoxy) is 1. The molecule has 3 aromatic heterocycles. The number of nitrogens with one attached hydrogen (secondary N) is 1. The summed E-state index contributed by atoms with van der Waals surface area (Å²) in [6.45, 7) is 5.94. The molecule has 1 atom stereocenters. The van der Waals surface area contributed by atoms with Gasteiger partial charge in [0, 0.05) is 74.6 Å². The van der Waals surface area contributed by atoms with Gasteiger partial charge in [-0.15, -0.1) is 0 Å². The Morgan fingerprint density at radius 2 is 1.86 bits per heavy atom. The molecule has 0 aliphatic carbocycles. The van der Waals surface area contributed by atoms with E-state index in [4.69, 9.17) is 9.72 Å². The van der Waals surface area contributed by atoms with Gasteiger partial charge in [-0.2, -0.15) is 18.3 Å². The normalized spacial score (nSPS) is 17.3. The molecule has 220 valence electrons. The van der Waals surface area contributed by atoms with Gasteiger partial charge in [-0.05, 0) is 56.3 Å². The highest BCUT2D eigenvalue weighted by Crippen LogP contribution is 2.44. The number of aromatic nitrogens is 5. The first kappa shape index (κ1) is 28.0. The highest BCUT2D eigenvalue weighted by Gasteiger charge is 2.40. The van der Waals surface area contributed by atoms with Crippen LogP contribution in [0.4, 0.5) is 19.0 Å². The van der Waals surface area contributed by atoms with E-state index in [1.807, 2.05) is 37.6 Å². The second-order valence-corrected chi connectivity index (χ2v) is 11.1. The van der Waals surface area contributed by atoms with Gasteiger partial charge in [0.2, 0.25) is 0 Å². The lowest BCUT2D eigenvalue weighted by Crippen LogP contribution is -2.57. The molecule has 2 aliphatic heterocycles. The topological polar surface area (TPSA) is 90.1 Å². The summed E-state index contributed by atoms with van der Waals surface area (Å²) < 4.78 is 51.1. The Hall–Kier alpha value is -4.19. The molecule has 0 amide bonds. The Balaban J connectivity index is 1.37. The van der Waals surface area contributed by atoms with Gasteiger partial charge >= 0.3 is 6.18 Å². The molecule has 1 aromatic carbocycles. The predicted octanol–water partition coefficient (Wildman–Crippen LogP) is 4.20. The van der Waals surface area contributed by atoms with Gasteiger partial charge in [-0.3, -0.25) is 9.48 Å². The number of likely N-dealkylation sites (N-methyl/N-ethyl adjacent to an activating group) is 1. The maximum Gasteiger partial charge on any atom is 0.435 e. The average molecular weight is 580 g/mol. The van der Waals surface area contributed by atoms with Gasteiger partial charge in [0.25, 0.3) is 0 Å². The van der Waals surface area contributed by atoms with E-state index in [1.54, 1.807) is 24.5 Å². The third-order valence-corrected chi connectivity index (χ3v) is 7.96. The lowest BCUT2D eigenvalue weighted by atomic mass is 9.87. The van der Waals surface area contributed by atoms with E-state index < -0.39 is 17.8 Å². The van der Waals surface area contributed by atoms with Crippen LogP contribution in [0.3, 0.4) is 0 Å². The molecular formula is C30H32F3N7O2.